The Bertz CT molecular complexity index is 588. The van der Waals surface area contributed by atoms with E-state index < -0.39 is 0 Å². The Hall–Kier alpha value is -0.350. The molecule has 0 aliphatic carbocycles. The van der Waals surface area contributed by atoms with Gasteiger partial charge in [-0.25, -0.2) is 0 Å². The first-order valence-corrected chi connectivity index (χ1v) is 20.1. The van der Waals surface area contributed by atoms with Gasteiger partial charge in [0.05, 0.1) is 26.3 Å². The summed E-state index contributed by atoms with van der Waals surface area (Å²) in [4.78, 5) is 0. The number of aliphatic hydroxyl groups is 2. The Morgan fingerprint density at radius 2 is 0.578 bits per heavy atom. The normalized spacial score (nSPS) is 12.1. The van der Waals surface area contributed by atoms with E-state index in [9.17, 15) is 10.2 Å². The zero-order valence-corrected chi connectivity index (χ0v) is 31.5. The van der Waals surface area contributed by atoms with Crippen LogP contribution >= 0.6 is 0 Å². The Morgan fingerprint density at radius 3 is 0.844 bits per heavy atom. The maximum atomic E-state index is 9.80. The molecule has 4 heteroatoms. The van der Waals surface area contributed by atoms with Crippen molar-refractivity contribution in [2.45, 2.75) is 200 Å². The van der Waals surface area contributed by atoms with Gasteiger partial charge in [0.15, 0.2) is 0 Å². The molecule has 3 nitrogen and oxygen atoms in total. The molecule has 2 N–H and O–H groups in total. The van der Waals surface area contributed by atoms with Crippen LogP contribution in [0.15, 0.2) is 24.3 Å². The smallest absolute Gasteiger partial charge is 0.102 e. The lowest BCUT2D eigenvalue weighted by Gasteiger charge is -2.38. The number of rotatable bonds is 37. The molecule has 0 aliphatic heterocycles. The third-order valence-electron chi connectivity index (χ3n) is 9.69. The molecule has 0 saturated heterocycles. The molecule has 0 aromatic rings. The number of allylic oxidation sites excluding steroid dienone is 4. The molecule has 0 radical (unpaired) electrons. The molecular formula is C41H82ClNO2. The molecule has 0 aromatic carbocycles. The van der Waals surface area contributed by atoms with Gasteiger partial charge in [0.25, 0.3) is 0 Å². The van der Waals surface area contributed by atoms with Gasteiger partial charge in [-0.05, 0) is 77.0 Å². The van der Waals surface area contributed by atoms with Crippen molar-refractivity contribution in [1.29, 1.82) is 0 Å². The van der Waals surface area contributed by atoms with Gasteiger partial charge in [0.2, 0.25) is 0 Å². The topological polar surface area (TPSA) is 40.5 Å². The first kappa shape index (κ1) is 46.8. The van der Waals surface area contributed by atoms with E-state index in [1.54, 1.807) is 0 Å². The summed E-state index contributed by atoms with van der Waals surface area (Å²) in [6, 6.07) is 0. The molecule has 45 heavy (non-hydrogen) atoms. The van der Waals surface area contributed by atoms with Crippen LogP contribution in [0.1, 0.15) is 200 Å². The maximum absolute atomic E-state index is 9.80. The second-order valence-electron chi connectivity index (χ2n) is 13.9. The van der Waals surface area contributed by atoms with Gasteiger partial charge in [0, 0.05) is 0 Å². The highest BCUT2D eigenvalue weighted by molar-refractivity contribution is 4.82. The maximum Gasteiger partial charge on any atom is 0.102 e. The van der Waals surface area contributed by atoms with E-state index in [1.807, 2.05) is 0 Å². The molecule has 0 unspecified atom stereocenters. The number of aliphatic hydroxyl groups excluding tert-OH is 2. The van der Waals surface area contributed by atoms with Gasteiger partial charge in [-0.15, -0.1) is 0 Å². The van der Waals surface area contributed by atoms with E-state index in [4.69, 9.17) is 0 Å². The third kappa shape index (κ3) is 34.8. The summed E-state index contributed by atoms with van der Waals surface area (Å²) in [5, 5.41) is 19.6. The van der Waals surface area contributed by atoms with Crippen molar-refractivity contribution in [2.75, 3.05) is 39.4 Å². The second-order valence-corrected chi connectivity index (χ2v) is 13.9. The zero-order chi connectivity index (χ0) is 32.1. The minimum atomic E-state index is 0. The molecule has 0 amide bonds. The summed E-state index contributed by atoms with van der Waals surface area (Å²) in [5.41, 5.74) is 0. The van der Waals surface area contributed by atoms with Crippen molar-refractivity contribution in [2.24, 2.45) is 0 Å². The number of halogens is 1. The summed E-state index contributed by atoms with van der Waals surface area (Å²) >= 11 is 0. The molecule has 0 aromatic heterocycles. The number of hydrogen-bond acceptors (Lipinski definition) is 2. The molecule has 0 rings (SSSR count). The standard InChI is InChI=1S/C41H82NO2.ClH/c1-3-5-7-9-11-13-15-17-19-21-23-25-27-29-31-33-35-37-42(38-40-43,39-41-44)36-34-32-30-28-26-24-22-20-18-16-14-12-10-8-6-4-2;/h18-21,43-44H,3-17,22-41H2,1-2H3;1H/q+1;/p-1/b20-18-,21-19-;. The highest BCUT2D eigenvalue weighted by Crippen LogP contribution is 2.17. The minimum Gasteiger partial charge on any atom is -1.00 e. The van der Waals surface area contributed by atoms with Gasteiger partial charge >= 0.3 is 0 Å². The second kappa shape index (κ2) is 39.8. The fraction of sp³-hybridized carbons (Fsp3) is 0.902. The molecule has 0 saturated carbocycles. The quantitative estimate of drug-likeness (QED) is 0.0398. The van der Waals surface area contributed by atoms with Crippen LogP contribution in [-0.2, 0) is 0 Å². The van der Waals surface area contributed by atoms with Crippen LogP contribution in [-0.4, -0.2) is 54.1 Å². The molecule has 0 heterocycles. The van der Waals surface area contributed by atoms with Crippen LogP contribution in [0.25, 0.3) is 0 Å². The lowest BCUT2D eigenvalue weighted by Crippen LogP contribution is -3.00. The van der Waals surface area contributed by atoms with E-state index >= 15 is 0 Å². The Kier molecular flexibility index (Phi) is 41.4. The van der Waals surface area contributed by atoms with Crippen LogP contribution < -0.4 is 12.4 Å². The molecule has 0 fully saturated rings. The lowest BCUT2D eigenvalue weighted by atomic mass is 10.1. The molecule has 0 bridgehead atoms. The summed E-state index contributed by atoms with van der Waals surface area (Å²) < 4.78 is 0.917. The van der Waals surface area contributed by atoms with E-state index in [0.29, 0.717) is 0 Å². The van der Waals surface area contributed by atoms with Crippen LogP contribution in [0, 0.1) is 0 Å². The minimum absolute atomic E-state index is 0. The first-order chi connectivity index (χ1) is 21.7. The van der Waals surface area contributed by atoms with E-state index in [2.05, 4.69) is 38.2 Å². The van der Waals surface area contributed by atoms with E-state index in [1.165, 1.54) is 186 Å². The molecule has 0 spiro atoms. The number of quaternary nitrogens is 1. The van der Waals surface area contributed by atoms with Crippen LogP contribution in [0.5, 0.6) is 0 Å². The van der Waals surface area contributed by atoms with Crippen molar-refractivity contribution in [3.05, 3.63) is 24.3 Å². The van der Waals surface area contributed by atoms with E-state index in [0.717, 1.165) is 30.7 Å². The summed E-state index contributed by atoms with van der Waals surface area (Å²) in [6.45, 7) is 8.88. The monoisotopic (exact) mass is 656 g/mol. The fourth-order valence-electron chi connectivity index (χ4n) is 6.66. The van der Waals surface area contributed by atoms with Gasteiger partial charge < -0.3 is 27.1 Å². The van der Waals surface area contributed by atoms with Crippen molar-refractivity contribution in [3.63, 3.8) is 0 Å². The van der Waals surface area contributed by atoms with Crippen LogP contribution in [0.4, 0.5) is 0 Å². The Balaban J connectivity index is 0. The number of nitrogens with zero attached hydrogens (tertiary/aromatic N) is 1. The van der Waals surface area contributed by atoms with Gasteiger partial charge in [-0.1, -0.05) is 147 Å². The van der Waals surface area contributed by atoms with E-state index in [-0.39, 0.29) is 25.6 Å². The predicted octanol–water partition coefficient (Wildman–Crippen LogP) is 9.26. The Labute approximate surface area is 290 Å². The lowest BCUT2D eigenvalue weighted by molar-refractivity contribution is -0.929. The highest BCUT2D eigenvalue weighted by atomic mass is 35.5. The predicted molar refractivity (Wildman–Crippen MR) is 197 cm³/mol. The summed E-state index contributed by atoms with van der Waals surface area (Å²) in [7, 11) is 0. The van der Waals surface area contributed by atoms with Crippen LogP contribution in [0.3, 0.4) is 0 Å². The molecule has 270 valence electrons. The average molecular weight is 657 g/mol. The fourth-order valence-corrected chi connectivity index (χ4v) is 6.66. The Morgan fingerprint density at radius 1 is 0.333 bits per heavy atom. The largest absolute Gasteiger partial charge is 1.00 e. The molecule has 0 aliphatic rings. The number of hydrogen-bond donors (Lipinski definition) is 2. The number of unbranched alkanes of at least 4 members (excludes halogenated alkanes) is 25. The average Bonchev–Trinajstić information content (AvgIpc) is 3.02. The highest BCUT2D eigenvalue weighted by Gasteiger charge is 2.25. The summed E-state index contributed by atoms with van der Waals surface area (Å²) in [5.74, 6) is 0. The van der Waals surface area contributed by atoms with Gasteiger partial charge in [0.1, 0.15) is 13.1 Å². The first-order valence-electron chi connectivity index (χ1n) is 20.1. The van der Waals surface area contributed by atoms with Crippen molar-refractivity contribution in [3.8, 4) is 0 Å². The van der Waals surface area contributed by atoms with Crippen LogP contribution in [0.2, 0.25) is 0 Å². The SMILES string of the molecule is CCCCCCCC/C=C\CCCCCCCC[N+](CCO)(CCO)CCCCCCCC/C=C\CCCCCCCCC.[Cl-]. The van der Waals surface area contributed by atoms with Gasteiger partial charge in [-0.3, -0.25) is 0 Å². The third-order valence-corrected chi connectivity index (χ3v) is 9.69. The van der Waals surface area contributed by atoms with Crippen molar-refractivity contribution < 1.29 is 27.1 Å². The van der Waals surface area contributed by atoms with Crippen molar-refractivity contribution in [1.82, 2.24) is 0 Å². The molecule has 0 atom stereocenters. The summed E-state index contributed by atoms with van der Waals surface area (Å²) in [6.07, 6.45) is 48.6. The zero-order valence-electron chi connectivity index (χ0n) is 30.8. The molecular weight excluding hydrogens is 574 g/mol. The van der Waals surface area contributed by atoms with Crippen molar-refractivity contribution >= 4 is 0 Å². The van der Waals surface area contributed by atoms with Gasteiger partial charge in [-0.2, -0.15) is 0 Å².